The molecule has 0 saturated carbocycles. The normalized spacial score (nSPS) is 15.5. The molecule has 2 aromatic carbocycles. The number of methoxy groups -OCH3 is 1. The molecule has 168 valence electrons. The number of hydrogen-bond acceptors (Lipinski definition) is 6. The zero-order valence-electron chi connectivity index (χ0n) is 18.1. The maximum Gasteiger partial charge on any atom is 0.262 e. The second kappa shape index (κ2) is 9.69. The minimum atomic E-state index is -0.371. The number of nitrogens with one attached hydrogen (secondary N) is 2. The van der Waals surface area contributed by atoms with Crippen LogP contribution < -0.4 is 20.1 Å². The number of ether oxygens (including phenoxy) is 3. The lowest BCUT2D eigenvalue weighted by Crippen LogP contribution is -2.34. The summed E-state index contributed by atoms with van der Waals surface area (Å²) in [4.78, 5) is 29.1. The highest BCUT2D eigenvalue weighted by molar-refractivity contribution is 5.94. The van der Waals surface area contributed by atoms with Crippen molar-refractivity contribution in [2.24, 2.45) is 7.05 Å². The van der Waals surface area contributed by atoms with Crippen molar-refractivity contribution in [3.8, 4) is 11.5 Å². The van der Waals surface area contributed by atoms with E-state index >= 15 is 0 Å². The van der Waals surface area contributed by atoms with Gasteiger partial charge in [0, 0.05) is 19.3 Å². The fourth-order valence-corrected chi connectivity index (χ4v) is 3.63. The summed E-state index contributed by atoms with van der Waals surface area (Å²) in [6.07, 6.45) is 1.28. The minimum absolute atomic E-state index is 0.113. The first kappa shape index (κ1) is 21.6. The number of rotatable bonds is 8. The molecule has 9 nitrogen and oxygen atoms in total. The molecule has 3 aromatic rings. The molecule has 1 aliphatic heterocycles. The number of imidazole rings is 1. The van der Waals surface area contributed by atoms with Crippen LogP contribution in [0.4, 0.5) is 5.69 Å². The fourth-order valence-electron chi connectivity index (χ4n) is 3.63. The molecule has 2 heterocycles. The Morgan fingerprint density at radius 1 is 1.22 bits per heavy atom. The summed E-state index contributed by atoms with van der Waals surface area (Å²) in [7, 11) is 3.44. The van der Waals surface area contributed by atoms with Crippen molar-refractivity contribution in [2.45, 2.75) is 25.5 Å². The number of anilines is 1. The van der Waals surface area contributed by atoms with E-state index in [-0.39, 0.29) is 24.5 Å². The zero-order chi connectivity index (χ0) is 22.5. The van der Waals surface area contributed by atoms with Crippen molar-refractivity contribution in [3.05, 3.63) is 48.3 Å². The molecule has 0 aliphatic carbocycles. The number of nitrogens with zero attached hydrogens (tertiary/aromatic N) is 2. The monoisotopic (exact) mass is 438 g/mol. The summed E-state index contributed by atoms with van der Waals surface area (Å²) >= 11 is 0. The smallest absolute Gasteiger partial charge is 0.262 e. The first-order chi connectivity index (χ1) is 15.5. The zero-order valence-corrected chi connectivity index (χ0v) is 18.1. The van der Waals surface area contributed by atoms with E-state index in [2.05, 4.69) is 15.6 Å². The second-order valence-corrected chi connectivity index (χ2v) is 7.50. The van der Waals surface area contributed by atoms with Gasteiger partial charge in [0.1, 0.15) is 11.9 Å². The van der Waals surface area contributed by atoms with Gasteiger partial charge in [-0.3, -0.25) is 9.59 Å². The molecule has 1 aliphatic rings. The van der Waals surface area contributed by atoms with Gasteiger partial charge in [-0.25, -0.2) is 4.98 Å². The van der Waals surface area contributed by atoms with Gasteiger partial charge in [-0.15, -0.1) is 0 Å². The third-order valence-corrected chi connectivity index (χ3v) is 5.33. The Morgan fingerprint density at radius 3 is 2.78 bits per heavy atom. The number of aryl methyl sites for hydroxylation is 1. The van der Waals surface area contributed by atoms with E-state index in [4.69, 9.17) is 14.2 Å². The molecular formula is C23H26N4O5. The van der Waals surface area contributed by atoms with Crippen LogP contribution in [0.2, 0.25) is 0 Å². The summed E-state index contributed by atoms with van der Waals surface area (Å²) in [6, 6.07) is 12.6. The highest BCUT2D eigenvalue weighted by atomic mass is 16.5. The van der Waals surface area contributed by atoms with Gasteiger partial charge < -0.3 is 29.4 Å². The third-order valence-electron chi connectivity index (χ3n) is 5.33. The highest BCUT2D eigenvalue weighted by Gasteiger charge is 2.23. The van der Waals surface area contributed by atoms with Gasteiger partial charge in [0.2, 0.25) is 5.91 Å². The van der Waals surface area contributed by atoms with Crippen LogP contribution in [-0.4, -0.2) is 47.8 Å². The van der Waals surface area contributed by atoms with Crippen LogP contribution in [0.1, 0.15) is 18.7 Å². The van der Waals surface area contributed by atoms with Crippen molar-refractivity contribution in [2.75, 3.05) is 25.6 Å². The van der Waals surface area contributed by atoms with Crippen LogP contribution in [0.3, 0.4) is 0 Å². The number of carbonyl (C=O) groups excluding carboxylic acids is 2. The number of fused-ring (bicyclic) bond motifs is 1. The van der Waals surface area contributed by atoms with Crippen molar-refractivity contribution in [3.63, 3.8) is 0 Å². The largest absolute Gasteiger partial charge is 0.493 e. The summed E-state index contributed by atoms with van der Waals surface area (Å²) < 4.78 is 18.1. The molecule has 1 atom stereocenters. The second-order valence-electron chi connectivity index (χ2n) is 7.50. The Labute approximate surface area is 185 Å². The summed E-state index contributed by atoms with van der Waals surface area (Å²) in [5.74, 6) is 1.37. The van der Waals surface area contributed by atoms with Crippen molar-refractivity contribution in [1.29, 1.82) is 0 Å². The van der Waals surface area contributed by atoms with E-state index < -0.39 is 0 Å². The van der Waals surface area contributed by atoms with Gasteiger partial charge in [-0.1, -0.05) is 12.1 Å². The molecular weight excluding hydrogens is 412 g/mol. The maximum atomic E-state index is 12.3. The quantitative estimate of drug-likeness (QED) is 0.560. The van der Waals surface area contributed by atoms with Crippen molar-refractivity contribution < 1.29 is 23.8 Å². The lowest BCUT2D eigenvalue weighted by atomic mass is 10.2. The average Bonchev–Trinajstić information content (AvgIpc) is 3.45. The van der Waals surface area contributed by atoms with Gasteiger partial charge in [0.25, 0.3) is 5.91 Å². The van der Waals surface area contributed by atoms with Crippen LogP contribution in [0.25, 0.3) is 11.0 Å². The number of amides is 2. The molecule has 2 amide bonds. The number of benzene rings is 2. The first-order valence-corrected chi connectivity index (χ1v) is 10.5. The number of carbonyl (C=O) groups is 2. The highest BCUT2D eigenvalue weighted by Crippen LogP contribution is 2.26. The molecule has 2 N–H and O–H groups in total. The van der Waals surface area contributed by atoms with Crippen molar-refractivity contribution >= 4 is 28.5 Å². The van der Waals surface area contributed by atoms with Gasteiger partial charge in [-0.05, 0) is 43.2 Å². The number of hydrogen-bond donors (Lipinski definition) is 2. The van der Waals surface area contributed by atoms with Gasteiger partial charge >= 0.3 is 0 Å². The van der Waals surface area contributed by atoms with E-state index in [0.29, 0.717) is 36.2 Å². The molecule has 1 fully saturated rings. The third kappa shape index (κ3) is 4.83. The first-order valence-electron chi connectivity index (χ1n) is 10.5. The standard InChI is InChI=1S/C23H26N4O5/c1-27-17-10-9-15(25-22(28)14-32-19-7-4-3-6-18(19)30-2)12-16(17)26-21(27)13-24-23(29)20-8-5-11-31-20/h3-4,6-7,9-10,12,20H,5,8,11,13-14H2,1-2H3,(H,24,29)(H,25,28). The lowest BCUT2D eigenvalue weighted by molar-refractivity contribution is -0.130. The maximum absolute atomic E-state index is 12.3. The molecule has 0 radical (unpaired) electrons. The molecule has 0 spiro atoms. The molecule has 4 rings (SSSR count). The number of para-hydroxylation sites is 2. The van der Waals surface area contributed by atoms with E-state index in [9.17, 15) is 9.59 Å². The molecule has 1 unspecified atom stereocenters. The SMILES string of the molecule is COc1ccccc1OCC(=O)Nc1ccc2c(c1)nc(CNC(=O)C1CCCO1)n2C. The molecule has 0 bridgehead atoms. The molecule has 1 saturated heterocycles. The summed E-state index contributed by atoms with van der Waals surface area (Å²) in [5, 5.41) is 5.70. The lowest BCUT2D eigenvalue weighted by Gasteiger charge is -2.10. The molecule has 32 heavy (non-hydrogen) atoms. The fraction of sp³-hybridized carbons (Fsp3) is 0.348. The Balaban J connectivity index is 1.37. The Bertz CT molecular complexity index is 1120. The van der Waals surface area contributed by atoms with E-state index in [1.807, 2.05) is 29.8 Å². The van der Waals surface area contributed by atoms with Crippen molar-refractivity contribution in [1.82, 2.24) is 14.9 Å². The Kier molecular flexibility index (Phi) is 6.55. The van der Waals surface area contributed by atoms with Gasteiger partial charge in [0.05, 0.1) is 24.7 Å². The van der Waals surface area contributed by atoms with Crippen LogP contribution in [0.5, 0.6) is 11.5 Å². The molecule has 1 aromatic heterocycles. The van der Waals surface area contributed by atoms with E-state index in [0.717, 1.165) is 23.9 Å². The summed E-state index contributed by atoms with van der Waals surface area (Å²) in [5.41, 5.74) is 2.23. The predicted octanol–water partition coefficient (Wildman–Crippen LogP) is 2.39. The summed E-state index contributed by atoms with van der Waals surface area (Å²) in [6.45, 7) is 0.780. The van der Waals surface area contributed by atoms with Crippen LogP contribution in [-0.2, 0) is 27.9 Å². The number of aromatic nitrogens is 2. The average molecular weight is 438 g/mol. The van der Waals surface area contributed by atoms with E-state index in [1.54, 1.807) is 31.4 Å². The van der Waals surface area contributed by atoms with Gasteiger partial charge in [0.15, 0.2) is 18.1 Å². The van der Waals surface area contributed by atoms with E-state index in [1.165, 1.54) is 0 Å². The van der Waals surface area contributed by atoms with Crippen LogP contribution >= 0.6 is 0 Å². The topological polar surface area (TPSA) is 104 Å². The minimum Gasteiger partial charge on any atom is -0.493 e. The Hall–Kier alpha value is -3.59. The molecule has 9 heteroatoms. The predicted molar refractivity (Wildman–Crippen MR) is 119 cm³/mol. The van der Waals surface area contributed by atoms with Crippen LogP contribution in [0.15, 0.2) is 42.5 Å². The van der Waals surface area contributed by atoms with Gasteiger partial charge in [-0.2, -0.15) is 0 Å². The van der Waals surface area contributed by atoms with Crippen LogP contribution in [0, 0.1) is 0 Å². The Morgan fingerprint density at radius 2 is 2.03 bits per heavy atom.